The summed E-state index contributed by atoms with van der Waals surface area (Å²) in [6, 6.07) is 51.8. The molecule has 0 saturated carbocycles. The van der Waals surface area contributed by atoms with Gasteiger partial charge in [0.2, 0.25) is 0 Å². The summed E-state index contributed by atoms with van der Waals surface area (Å²) in [5.74, 6) is 0. The van der Waals surface area contributed by atoms with E-state index in [-0.39, 0.29) is 0 Å². The van der Waals surface area contributed by atoms with Gasteiger partial charge < -0.3 is 8.83 Å². The van der Waals surface area contributed by atoms with E-state index in [0.29, 0.717) is 0 Å². The third-order valence-electron chi connectivity index (χ3n) is 8.92. The fourth-order valence-electron chi connectivity index (χ4n) is 6.54. The molecule has 46 heavy (non-hydrogen) atoms. The second-order valence-electron chi connectivity index (χ2n) is 11.7. The second kappa shape index (κ2) is 10.0. The summed E-state index contributed by atoms with van der Waals surface area (Å²) in [6.07, 6.45) is 0. The minimum atomic E-state index is 0.921. The van der Waals surface area contributed by atoms with Crippen molar-refractivity contribution >= 4 is 76.0 Å². The zero-order chi connectivity index (χ0) is 30.2. The lowest BCUT2D eigenvalue weighted by Crippen LogP contribution is -1.77. The Balaban J connectivity index is 1.00. The Hall–Kier alpha value is -5.42. The highest BCUT2D eigenvalue weighted by Gasteiger charge is 2.17. The van der Waals surface area contributed by atoms with Gasteiger partial charge in [-0.15, -0.1) is 22.7 Å². The molecule has 4 aromatic heterocycles. The molecule has 0 radical (unpaired) electrons. The summed E-state index contributed by atoms with van der Waals surface area (Å²) in [5, 5.41) is 4.60. The molecule has 10 rings (SSSR count). The Labute approximate surface area is 272 Å². The number of furan rings is 2. The minimum absolute atomic E-state index is 0.921. The van der Waals surface area contributed by atoms with Crippen LogP contribution < -0.4 is 0 Å². The van der Waals surface area contributed by atoms with Gasteiger partial charge in [0.15, 0.2) is 0 Å². The maximum Gasteiger partial charge on any atom is 0.146 e. The molecule has 0 spiro atoms. The smallest absolute Gasteiger partial charge is 0.146 e. The summed E-state index contributed by atoms with van der Waals surface area (Å²) in [5.41, 5.74) is 11.0. The SMILES string of the molecule is c1ccc(-c2ccc(-c3cc4oc5cc6cc7c(cc6cc5c4s3)oc3cc(-c4ccc(-c5ccccc5)cc4)sc37)cc2)cc1. The quantitative estimate of drug-likeness (QED) is 0.195. The maximum absolute atomic E-state index is 6.43. The molecule has 0 amide bonds. The van der Waals surface area contributed by atoms with Crippen molar-refractivity contribution in [3.05, 3.63) is 146 Å². The van der Waals surface area contributed by atoms with E-state index >= 15 is 0 Å². The molecule has 0 N–H and O–H groups in total. The molecule has 2 nitrogen and oxygen atoms in total. The molecule has 0 unspecified atom stereocenters. The van der Waals surface area contributed by atoms with E-state index in [4.69, 9.17) is 8.83 Å². The standard InChI is InChI=1S/C42H24O2S2/c1-3-7-25(8-4-1)27-11-15-29(16-12-27)39-23-37-41(45-39)33-19-31-22-36-34(20-32(31)21-35(33)43-37)42-38(44-36)24-40(46-42)30-17-13-28(14-18-30)26-9-5-2-6-10-26/h1-24H. The number of hydrogen-bond donors (Lipinski definition) is 0. The van der Waals surface area contributed by atoms with Gasteiger partial charge in [-0.2, -0.15) is 0 Å². The molecule has 10 aromatic rings. The van der Waals surface area contributed by atoms with Crippen molar-refractivity contribution < 1.29 is 8.83 Å². The van der Waals surface area contributed by atoms with Crippen molar-refractivity contribution in [3.63, 3.8) is 0 Å². The van der Waals surface area contributed by atoms with Crippen LogP contribution >= 0.6 is 22.7 Å². The van der Waals surface area contributed by atoms with Crippen molar-refractivity contribution in [2.24, 2.45) is 0 Å². The molecular weight excluding hydrogens is 601 g/mol. The summed E-state index contributed by atoms with van der Waals surface area (Å²) in [4.78, 5) is 2.42. The van der Waals surface area contributed by atoms with E-state index < -0.39 is 0 Å². The first-order valence-electron chi connectivity index (χ1n) is 15.3. The van der Waals surface area contributed by atoms with E-state index in [1.807, 2.05) is 0 Å². The molecule has 0 saturated heterocycles. The summed E-state index contributed by atoms with van der Waals surface area (Å²) < 4.78 is 15.2. The van der Waals surface area contributed by atoms with Gasteiger partial charge in [0, 0.05) is 32.7 Å². The monoisotopic (exact) mass is 624 g/mol. The van der Waals surface area contributed by atoms with Crippen molar-refractivity contribution in [2.75, 3.05) is 0 Å². The molecule has 0 aliphatic rings. The molecule has 216 valence electrons. The van der Waals surface area contributed by atoms with Gasteiger partial charge in [-0.05, 0) is 68.4 Å². The Kier molecular flexibility index (Phi) is 5.65. The van der Waals surface area contributed by atoms with Gasteiger partial charge in [0.1, 0.15) is 22.3 Å². The third-order valence-corrected chi connectivity index (χ3v) is 11.3. The Morgan fingerprint density at radius 3 is 1.11 bits per heavy atom. The zero-order valence-electron chi connectivity index (χ0n) is 24.5. The van der Waals surface area contributed by atoms with Crippen molar-refractivity contribution in [1.82, 2.24) is 0 Å². The van der Waals surface area contributed by atoms with Gasteiger partial charge in [-0.1, -0.05) is 109 Å². The third kappa shape index (κ3) is 4.15. The van der Waals surface area contributed by atoms with E-state index in [1.54, 1.807) is 22.7 Å². The van der Waals surface area contributed by atoms with Crippen LogP contribution in [0.2, 0.25) is 0 Å². The van der Waals surface area contributed by atoms with Crippen LogP contribution in [-0.2, 0) is 0 Å². The predicted octanol–water partition coefficient (Wildman–Crippen LogP) is 13.4. The highest BCUT2D eigenvalue weighted by molar-refractivity contribution is 7.23. The number of thiophene rings is 2. The van der Waals surface area contributed by atoms with Gasteiger partial charge in [-0.3, -0.25) is 0 Å². The first kappa shape index (κ1) is 25.9. The maximum atomic E-state index is 6.43. The minimum Gasteiger partial charge on any atom is -0.455 e. The van der Waals surface area contributed by atoms with Crippen molar-refractivity contribution in [2.45, 2.75) is 0 Å². The van der Waals surface area contributed by atoms with Crippen molar-refractivity contribution in [3.8, 4) is 43.1 Å². The average Bonchev–Trinajstić information content (AvgIpc) is 3.87. The number of benzene rings is 6. The van der Waals surface area contributed by atoms with Crippen LogP contribution in [0.3, 0.4) is 0 Å². The average molecular weight is 625 g/mol. The van der Waals surface area contributed by atoms with Crippen LogP contribution in [0.5, 0.6) is 0 Å². The van der Waals surface area contributed by atoms with E-state index in [0.717, 1.165) is 43.9 Å². The Morgan fingerprint density at radius 1 is 0.326 bits per heavy atom. The van der Waals surface area contributed by atoms with Crippen LogP contribution in [0.25, 0.3) is 96.4 Å². The topological polar surface area (TPSA) is 26.3 Å². The predicted molar refractivity (Wildman–Crippen MR) is 196 cm³/mol. The van der Waals surface area contributed by atoms with Gasteiger partial charge >= 0.3 is 0 Å². The highest BCUT2D eigenvalue weighted by atomic mass is 32.1. The summed E-state index contributed by atoms with van der Waals surface area (Å²) in [6.45, 7) is 0. The van der Waals surface area contributed by atoms with Crippen LogP contribution in [0.1, 0.15) is 0 Å². The van der Waals surface area contributed by atoms with E-state index in [2.05, 4.69) is 146 Å². The highest BCUT2D eigenvalue weighted by Crippen LogP contribution is 2.44. The molecule has 0 fully saturated rings. The molecule has 6 aromatic carbocycles. The Morgan fingerprint density at radius 2 is 0.696 bits per heavy atom. The summed E-state index contributed by atoms with van der Waals surface area (Å²) in [7, 11) is 0. The lowest BCUT2D eigenvalue weighted by atomic mass is 10.0. The molecular formula is C42H24O2S2. The molecule has 0 atom stereocenters. The molecule has 4 heterocycles. The lowest BCUT2D eigenvalue weighted by Gasteiger charge is -2.03. The van der Waals surface area contributed by atoms with E-state index in [9.17, 15) is 0 Å². The van der Waals surface area contributed by atoms with E-state index in [1.165, 1.54) is 52.5 Å². The number of fused-ring (bicyclic) bond motifs is 7. The lowest BCUT2D eigenvalue weighted by molar-refractivity contribution is 0.669. The fraction of sp³-hybridized carbons (Fsp3) is 0. The van der Waals surface area contributed by atoms with Crippen LogP contribution in [-0.4, -0.2) is 0 Å². The molecule has 0 bridgehead atoms. The molecule has 0 aliphatic carbocycles. The second-order valence-corrected chi connectivity index (χ2v) is 13.8. The van der Waals surface area contributed by atoms with Crippen LogP contribution in [0.4, 0.5) is 0 Å². The first-order valence-corrected chi connectivity index (χ1v) is 16.9. The Bertz CT molecular complexity index is 2510. The normalized spacial score (nSPS) is 11.9. The number of hydrogen-bond acceptors (Lipinski definition) is 4. The van der Waals surface area contributed by atoms with Gasteiger partial charge in [0.05, 0.1) is 9.40 Å². The molecule has 0 aliphatic heterocycles. The fourth-order valence-corrected chi connectivity index (χ4v) is 8.76. The summed E-state index contributed by atoms with van der Waals surface area (Å²) >= 11 is 3.58. The largest absolute Gasteiger partial charge is 0.455 e. The van der Waals surface area contributed by atoms with Gasteiger partial charge in [-0.25, -0.2) is 0 Å². The zero-order valence-corrected chi connectivity index (χ0v) is 26.1. The van der Waals surface area contributed by atoms with Crippen LogP contribution in [0, 0.1) is 0 Å². The number of rotatable bonds is 4. The van der Waals surface area contributed by atoms with Crippen molar-refractivity contribution in [1.29, 1.82) is 0 Å². The van der Waals surface area contributed by atoms with Gasteiger partial charge in [0.25, 0.3) is 0 Å². The molecule has 4 heteroatoms. The van der Waals surface area contributed by atoms with Crippen LogP contribution in [0.15, 0.2) is 154 Å². The first-order chi connectivity index (χ1) is 22.7.